The number of fused-ring (bicyclic) bond motifs is 2. The Labute approximate surface area is 110 Å². The molecule has 2 aliphatic heterocycles. The highest BCUT2D eigenvalue weighted by molar-refractivity contribution is 5.75. The third-order valence-electron chi connectivity index (χ3n) is 4.47. The lowest BCUT2D eigenvalue weighted by Crippen LogP contribution is -2.56. The molecule has 2 aliphatic rings. The highest BCUT2D eigenvalue weighted by Gasteiger charge is 2.36. The topological polar surface area (TPSA) is 41.6 Å². The van der Waals surface area contributed by atoms with E-state index in [1.54, 1.807) is 0 Å². The minimum absolute atomic E-state index is 0.124. The molecule has 2 fully saturated rings. The van der Waals surface area contributed by atoms with E-state index in [-0.39, 0.29) is 12.0 Å². The molecule has 2 saturated heterocycles. The number of hydrogen-bond acceptors (Lipinski definition) is 4. The van der Waals surface area contributed by atoms with Gasteiger partial charge in [0.1, 0.15) is 6.04 Å². The Hall–Kier alpha value is -0.610. The zero-order valence-corrected chi connectivity index (χ0v) is 11.8. The van der Waals surface area contributed by atoms with Crippen molar-refractivity contribution in [3.8, 4) is 0 Å². The minimum Gasteiger partial charge on any atom is -0.465 e. The third kappa shape index (κ3) is 3.04. The van der Waals surface area contributed by atoms with Gasteiger partial charge in [-0.25, -0.2) is 0 Å². The van der Waals surface area contributed by atoms with Crippen molar-refractivity contribution in [3.05, 3.63) is 0 Å². The highest BCUT2D eigenvalue weighted by atomic mass is 16.5. The molecule has 4 nitrogen and oxygen atoms in total. The fourth-order valence-corrected chi connectivity index (χ4v) is 3.44. The average molecular weight is 254 g/mol. The van der Waals surface area contributed by atoms with E-state index in [4.69, 9.17) is 4.74 Å². The van der Waals surface area contributed by atoms with Gasteiger partial charge in [-0.1, -0.05) is 6.42 Å². The monoisotopic (exact) mass is 254 g/mol. The Morgan fingerprint density at radius 3 is 2.56 bits per heavy atom. The number of ether oxygens (including phenoxy) is 1. The second-order valence-electron chi connectivity index (χ2n) is 5.71. The van der Waals surface area contributed by atoms with Crippen LogP contribution in [0.15, 0.2) is 0 Å². The molecule has 18 heavy (non-hydrogen) atoms. The van der Waals surface area contributed by atoms with Gasteiger partial charge in [-0.05, 0) is 46.6 Å². The van der Waals surface area contributed by atoms with Crippen molar-refractivity contribution in [2.45, 2.75) is 70.1 Å². The van der Waals surface area contributed by atoms with Crippen molar-refractivity contribution in [1.29, 1.82) is 0 Å². The molecule has 0 aromatic carbocycles. The predicted molar refractivity (Wildman–Crippen MR) is 71.4 cm³/mol. The smallest absolute Gasteiger partial charge is 0.322 e. The number of nitrogens with zero attached hydrogens (tertiary/aromatic N) is 1. The Kier molecular flexibility index (Phi) is 4.62. The van der Waals surface area contributed by atoms with Crippen molar-refractivity contribution in [3.63, 3.8) is 0 Å². The molecule has 0 amide bonds. The Morgan fingerprint density at radius 1 is 1.39 bits per heavy atom. The quantitative estimate of drug-likeness (QED) is 0.773. The Morgan fingerprint density at radius 2 is 2.00 bits per heavy atom. The summed E-state index contributed by atoms with van der Waals surface area (Å²) in [5.41, 5.74) is 0. The van der Waals surface area contributed by atoms with Crippen LogP contribution in [-0.2, 0) is 9.53 Å². The van der Waals surface area contributed by atoms with Gasteiger partial charge in [0.15, 0.2) is 0 Å². The van der Waals surface area contributed by atoms with Crippen molar-refractivity contribution in [1.82, 2.24) is 10.2 Å². The molecule has 0 radical (unpaired) electrons. The van der Waals surface area contributed by atoms with Gasteiger partial charge in [0.2, 0.25) is 0 Å². The van der Waals surface area contributed by atoms with E-state index in [2.05, 4.69) is 17.3 Å². The summed E-state index contributed by atoms with van der Waals surface area (Å²) < 4.78 is 5.05. The first-order valence-electron chi connectivity index (χ1n) is 7.26. The van der Waals surface area contributed by atoms with E-state index in [1.807, 2.05) is 13.8 Å². The summed E-state index contributed by atoms with van der Waals surface area (Å²) >= 11 is 0. The molecular weight excluding hydrogens is 228 g/mol. The molecule has 0 aromatic rings. The maximum absolute atomic E-state index is 11.6. The molecule has 3 atom stereocenters. The second-order valence-corrected chi connectivity index (χ2v) is 5.71. The van der Waals surface area contributed by atoms with Gasteiger partial charge in [0, 0.05) is 18.1 Å². The third-order valence-corrected chi connectivity index (χ3v) is 4.47. The van der Waals surface area contributed by atoms with E-state index in [0.717, 1.165) is 12.8 Å². The Bertz CT molecular complexity index is 282. The van der Waals surface area contributed by atoms with Gasteiger partial charge in [0.05, 0.1) is 6.61 Å². The number of esters is 1. The van der Waals surface area contributed by atoms with Gasteiger partial charge in [0.25, 0.3) is 0 Å². The van der Waals surface area contributed by atoms with E-state index in [1.165, 1.54) is 19.3 Å². The lowest BCUT2D eigenvalue weighted by Gasteiger charge is -2.47. The van der Waals surface area contributed by atoms with Crippen LogP contribution < -0.4 is 5.32 Å². The number of carbonyl (C=O) groups excluding carboxylic acids is 1. The standard InChI is InChI=1S/C14H26N2O2/c1-4-18-14(17)10(2)15-11-8-12-6-5-7-13(9-11)16(12)3/h10-13,15H,4-9H2,1-3H3. The SMILES string of the molecule is CCOC(=O)C(C)NC1CC2CCCC(C1)N2C. The van der Waals surface area contributed by atoms with E-state index >= 15 is 0 Å². The average Bonchev–Trinajstić information content (AvgIpc) is 2.30. The number of piperidine rings is 2. The van der Waals surface area contributed by atoms with E-state index < -0.39 is 0 Å². The fourth-order valence-electron chi connectivity index (χ4n) is 3.44. The second kappa shape index (κ2) is 6.02. The number of rotatable bonds is 4. The van der Waals surface area contributed by atoms with Crippen LogP contribution in [0.25, 0.3) is 0 Å². The summed E-state index contributed by atoms with van der Waals surface area (Å²) in [7, 11) is 2.25. The number of hydrogen-bond donors (Lipinski definition) is 1. The van der Waals surface area contributed by atoms with Gasteiger partial charge >= 0.3 is 5.97 Å². The van der Waals surface area contributed by atoms with Gasteiger partial charge < -0.3 is 15.0 Å². The zero-order chi connectivity index (χ0) is 13.1. The molecule has 104 valence electrons. The molecule has 0 aromatic heterocycles. The molecule has 2 heterocycles. The van der Waals surface area contributed by atoms with Crippen LogP contribution in [0.2, 0.25) is 0 Å². The summed E-state index contributed by atoms with van der Waals surface area (Å²) in [6, 6.07) is 1.68. The van der Waals surface area contributed by atoms with Gasteiger partial charge in [-0.15, -0.1) is 0 Å². The van der Waals surface area contributed by atoms with E-state index in [9.17, 15) is 4.79 Å². The lowest BCUT2D eigenvalue weighted by atomic mass is 9.82. The minimum atomic E-state index is -0.181. The number of carbonyl (C=O) groups is 1. The summed E-state index contributed by atoms with van der Waals surface area (Å²) in [6.07, 6.45) is 6.30. The van der Waals surface area contributed by atoms with Crippen LogP contribution in [0.1, 0.15) is 46.0 Å². The summed E-state index contributed by atoms with van der Waals surface area (Å²) in [5, 5.41) is 3.45. The normalized spacial score (nSPS) is 34.1. The molecular formula is C14H26N2O2. The first-order valence-corrected chi connectivity index (χ1v) is 7.26. The predicted octanol–water partition coefficient (Wildman–Crippen LogP) is 1.54. The molecule has 0 spiro atoms. The largest absolute Gasteiger partial charge is 0.465 e. The summed E-state index contributed by atoms with van der Waals surface area (Å²) in [4.78, 5) is 14.2. The molecule has 0 saturated carbocycles. The van der Waals surface area contributed by atoms with Crippen LogP contribution in [0.4, 0.5) is 0 Å². The molecule has 1 N–H and O–H groups in total. The van der Waals surface area contributed by atoms with E-state index in [0.29, 0.717) is 24.7 Å². The first kappa shape index (κ1) is 13.8. The highest BCUT2D eigenvalue weighted by Crippen LogP contribution is 2.32. The zero-order valence-electron chi connectivity index (χ0n) is 11.8. The molecule has 4 heteroatoms. The molecule has 3 unspecified atom stereocenters. The summed E-state index contributed by atoms with van der Waals surface area (Å²) in [6.45, 7) is 4.22. The fraction of sp³-hybridized carbons (Fsp3) is 0.929. The van der Waals surface area contributed by atoms with Crippen LogP contribution in [0.5, 0.6) is 0 Å². The Balaban J connectivity index is 1.86. The first-order chi connectivity index (χ1) is 8.61. The molecule has 0 aliphatic carbocycles. The van der Waals surface area contributed by atoms with Gasteiger partial charge in [-0.2, -0.15) is 0 Å². The van der Waals surface area contributed by atoms with Crippen molar-refractivity contribution in [2.24, 2.45) is 0 Å². The summed E-state index contributed by atoms with van der Waals surface area (Å²) in [5.74, 6) is -0.124. The lowest BCUT2D eigenvalue weighted by molar-refractivity contribution is -0.145. The van der Waals surface area contributed by atoms with Crippen molar-refractivity contribution < 1.29 is 9.53 Å². The van der Waals surface area contributed by atoms with Crippen molar-refractivity contribution >= 4 is 5.97 Å². The van der Waals surface area contributed by atoms with Crippen LogP contribution in [0, 0.1) is 0 Å². The maximum Gasteiger partial charge on any atom is 0.322 e. The van der Waals surface area contributed by atoms with Crippen LogP contribution >= 0.6 is 0 Å². The number of nitrogens with one attached hydrogen (secondary N) is 1. The molecule has 2 rings (SSSR count). The van der Waals surface area contributed by atoms with Crippen LogP contribution in [0.3, 0.4) is 0 Å². The van der Waals surface area contributed by atoms with Crippen molar-refractivity contribution in [2.75, 3.05) is 13.7 Å². The maximum atomic E-state index is 11.6. The van der Waals surface area contributed by atoms with Crippen LogP contribution in [-0.4, -0.2) is 48.7 Å². The molecule has 2 bridgehead atoms. The van der Waals surface area contributed by atoms with Gasteiger partial charge in [-0.3, -0.25) is 4.79 Å².